The minimum Gasteiger partial charge on any atom is -0.741 e. The summed E-state index contributed by atoms with van der Waals surface area (Å²) in [4.78, 5) is 4.30. The van der Waals surface area contributed by atoms with Gasteiger partial charge in [0, 0.05) is 0 Å². The van der Waals surface area contributed by atoms with Gasteiger partial charge in [0.15, 0.2) is 20.2 Å². The van der Waals surface area contributed by atoms with Crippen molar-refractivity contribution in [1.29, 1.82) is 0 Å². The van der Waals surface area contributed by atoms with Crippen LogP contribution in [0.15, 0.2) is 140 Å². The summed E-state index contributed by atoms with van der Waals surface area (Å²) in [6.07, 6.45) is 9.11. The number of rotatable bonds is 7. The van der Waals surface area contributed by atoms with Crippen LogP contribution in [-0.4, -0.2) is 78.1 Å². The summed E-state index contributed by atoms with van der Waals surface area (Å²) >= 11 is -4.42. The van der Waals surface area contributed by atoms with Gasteiger partial charge < -0.3 is 9.11 Å². The van der Waals surface area contributed by atoms with Crippen molar-refractivity contribution in [2.45, 2.75) is 11.0 Å². The predicted molar refractivity (Wildman–Crippen MR) is 188 cm³/mol. The van der Waals surface area contributed by atoms with Gasteiger partial charge in [-0.25, -0.2) is 16.8 Å². The summed E-state index contributed by atoms with van der Waals surface area (Å²) in [5, 5.41) is 0. The van der Waals surface area contributed by atoms with E-state index < -0.39 is 44.2 Å². The fourth-order valence-electron chi connectivity index (χ4n) is 5.43. The third kappa shape index (κ3) is 8.84. The number of aromatic nitrogens is 2. The minimum atomic E-state index is -6.09. The Balaban J connectivity index is 0.000000395. The molecule has 0 atom stereocenters. The van der Waals surface area contributed by atoms with E-state index in [2.05, 4.69) is 185 Å². The first-order valence-electron chi connectivity index (χ1n) is 15.1. The molecule has 0 fully saturated rings. The van der Waals surface area contributed by atoms with Crippen molar-refractivity contribution >= 4 is 57.6 Å². The molecule has 0 radical (unpaired) electrons. The molecule has 2 heterocycles. The van der Waals surface area contributed by atoms with Crippen molar-refractivity contribution in [3.63, 3.8) is 0 Å². The minimum absolute atomic E-state index is 1.17. The van der Waals surface area contributed by atoms with Crippen LogP contribution >= 0.6 is 0 Å². The summed E-state index contributed by atoms with van der Waals surface area (Å²) in [6.45, 7) is 0. The molecule has 0 aliphatic heterocycles. The number of benzene rings is 3. The second-order valence-corrected chi connectivity index (χ2v) is 23.7. The van der Waals surface area contributed by atoms with Crippen molar-refractivity contribution < 1.29 is 59.3 Å². The summed E-state index contributed by atoms with van der Waals surface area (Å²) in [5.41, 5.74) is -8.95. The Morgan fingerprint density at radius 1 is 0.472 bits per heavy atom. The molecule has 0 unspecified atom stereocenters. The average molecular weight is 849 g/mol. The maximum absolute atomic E-state index is 10.7. The van der Waals surface area contributed by atoms with Gasteiger partial charge in [-0.2, -0.15) is 26.3 Å². The molecule has 0 amide bonds. The Labute approximate surface area is 304 Å². The molecule has 0 N–H and O–H groups in total. The van der Waals surface area contributed by atoms with E-state index in [1.165, 1.54) is 24.4 Å². The normalized spacial score (nSPS) is 12.9. The zero-order valence-electron chi connectivity index (χ0n) is 28.5. The Morgan fingerprint density at radius 2 is 0.679 bits per heavy atom. The quantitative estimate of drug-likeness (QED) is 0.106. The van der Waals surface area contributed by atoms with Gasteiger partial charge in [-0.1, -0.05) is 0 Å². The molecule has 19 heteroatoms. The van der Waals surface area contributed by atoms with Gasteiger partial charge in [-0.05, 0) is 0 Å². The van der Waals surface area contributed by atoms with Crippen molar-refractivity contribution in [1.82, 2.24) is 0 Å². The second-order valence-electron chi connectivity index (χ2n) is 11.5. The van der Waals surface area contributed by atoms with Crippen molar-refractivity contribution in [2.24, 2.45) is 0 Å². The van der Waals surface area contributed by atoms with Gasteiger partial charge in [-0.15, -0.1) is 0 Å². The van der Waals surface area contributed by atoms with Gasteiger partial charge >= 0.3 is 233 Å². The number of hydrogen-bond acceptors (Lipinski definition) is 8. The molecule has 5 rings (SSSR count). The van der Waals surface area contributed by atoms with E-state index in [1.807, 2.05) is 0 Å². The molecule has 3 aromatic carbocycles. The van der Waals surface area contributed by atoms with E-state index in [9.17, 15) is 26.3 Å². The Hall–Kier alpha value is -4.48. The molecule has 2 aromatic heterocycles. The molecule has 10 nitrogen and oxygen atoms in total. The number of nitrogens with zero attached hydrogens (tertiary/aromatic N) is 4. The van der Waals surface area contributed by atoms with Crippen LogP contribution in [0, 0.1) is 0 Å². The summed E-state index contributed by atoms with van der Waals surface area (Å²) < 4.78 is 127. The second kappa shape index (κ2) is 16.3. The van der Waals surface area contributed by atoms with Crippen LogP contribution in [0.4, 0.5) is 37.7 Å². The SMILES string of the molecule is CN(C)c1cc[n+]([As](c2ccccc2)(c2ccccc2)(c2ccccc2)[n+]2ccc(N(C)C)cc2)cc1.O=S(=O)([O-])C(F)(F)F.O=S(=O)([O-])C(F)(F)F. The van der Waals surface area contributed by atoms with Crippen molar-refractivity contribution in [2.75, 3.05) is 38.0 Å². The monoisotopic (exact) mass is 848 g/mol. The van der Waals surface area contributed by atoms with Gasteiger partial charge in [0.25, 0.3) is 0 Å². The molecule has 0 saturated carbocycles. The van der Waals surface area contributed by atoms with E-state index in [0.717, 1.165) is 0 Å². The number of anilines is 2. The maximum atomic E-state index is 10.7. The van der Waals surface area contributed by atoms with Crippen LogP contribution in [0.2, 0.25) is 0 Å². The summed E-state index contributed by atoms with van der Waals surface area (Å²) in [5.74, 6) is 0. The number of alkyl halides is 6. The van der Waals surface area contributed by atoms with Gasteiger partial charge in [-0.3, -0.25) is 0 Å². The van der Waals surface area contributed by atoms with Gasteiger partial charge in [0.05, 0.1) is 0 Å². The molecule has 0 saturated heterocycles. The smallest absolute Gasteiger partial charge is 0.485 e. The largest absolute Gasteiger partial charge is 0.741 e. The molecule has 0 aliphatic carbocycles. The van der Waals surface area contributed by atoms with Crippen LogP contribution in [0.25, 0.3) is 0 Å². The molecular weight excluding hydrogens is 813 g/mol. The Bertz CT molecular complexity index is 1960. The predicted octanol–water partition coefficient (Wildman–Crippen LogP) is 3.01. The van der Waals surface area contributed by atoms with Gasteiger partial charge in [0.1, 0.15) is 0 Å². The molecule has 0 bridgehead atoms. The third-order valence-corrected chi connectivity index (χ3v) is 21.9. The standard InChI is InChI=1S/C32H35AsN4.2CHF3O3S/c1-34(2)31-20-24-36(25-21-31)33(28-14-8-5-9-15-28,29-16-10-6-11-17-29,30-18-12-7-13-19-30)37-26-22-32(23-27-37)35(3)4;2*2-1(3,4)8(5,6)7/h5-27H,1-4H3;2*(H,5,6,7)/q+2;;/p-2. The Morgan fingerprint density at radius 3 is 0.849 bits per heavy atom. The fraction of sp³-hybridized carbons (Fsp3) is 0.176. The molecular formula is C34H35AsF6N4O6S2. The Kier molecular flexibility index (Phi) is 13.2. The fourth-order valence-corrected chi connectivity index (χ4v) is 18.5. The summed E-state index contributed by atoms with van der Waals surface area (Å²) in [7, 11) is -3.83. The van der Waals surface area contributed by atoms with E-state index >= 15 is 0 Å². The molecule has 0 spiro atoms. The topological polar surface area (TPSA) is 129 Å². The number of hydrogen-bond donors (Lipinski definition) is 0. The first kappa shape index (κ1) is 42.9. The van der Waals surface area contributed by atoms with Crippen molar-refractivity contribution in [3.05, 3.63) is 140 Å². The van der Waals surface area contributed by atoms with E-state index in [-0.39, 0.29) is 0 Å². The summed E-state index contributed by atoms with van der Waals surface area (Å²) in [6, 6.07) is 42.1. The van der Waals surface area contributed by atoms with Crippen LogP contribution in [0.1, 0.15) is 0 Å². The van der Waals surface area contributed by atoms with Crippen LogP contribution in [0.5, 0.6) is 0 Å². The van der Waals surface area contributed by atoms with Gasteiger partial charge in [0.2, 0.25) is 0 Å². The van der Waals surface area contributed by atoms with E-state index in [1.54, 1.807) is 0 Å². The van der Waals surface area contributed by atoms with Crippen molar-refractivity contribution in [3.8, 4) is 0 Å². The number of pyridine rings is 2. The van der Waals surface area contributed by atoms with Crippen LogP contribution in [0.3, 0.4) is 0 Å². The zero-order chi connectivity index (χ0) is 39.9. The van der Waals surface area contributed by atoms with Crippen LogP contribution in [-0.2, 0) is 20.2 Å². The third-order valence-electron chi connectivity index (χ3n) is 7.83. The maximum Gasteiger partial charge on any atom is 0.485 e. The number of halogens is 6. The molecule has 0 aliphatic rings. The first-order chi connectivity index (χ1) is 24.5. The zero-order valence-corrected chi connectivity index (χ0v) is 32.1. The molecule has 5 aromatic rings. The van der Waals surface area contributed by atoms with E-state index in [0.29, 0.717) is 0 Å². The first-order valence-corrected chi connectivity index (χ1v) is 22.4. The average Bonchev–Trinajstić information content (AvgIpc) is 3.10. The molecule has 53 heavy (non-hydrogen) atoms. The van der Waals surface area contributed by atoms with E-state index in [4.69, 9.17) is 25.9 Å². The van der Waals surface area contributed by atoms with Crippen LogP contribution < -0.4 is 29.8 Å². The molecule has 286 valence electrons.